The fourth-order valence-electron chi connectivity index (χ4n) is 2.21. The first-order chi connectivity index (χ1) is 7.83. The Labute approximate surface area is 95.1 Å². The molecule has 0 aromatic carbocycles. The molecule has 0 bridgehead atoms. The first-order valence-electron chi connectivity index (χ1n) is 5.82. The summed E-state index contributed by atoms with van der Waals surface area (Å²) < 4.78 is 0. The van der Waals surface area contributed by atoms with Crippen molar-refractivity contribution in [3.8, 4) is 0 Å². The molecule has 3 heteroatoms. The summed E-state index contributed by atoms with van der Waals surface area (Å²) in [5, 5.41) is 1.12. The Morgan fingerprint density at radius 2 is 1.75 bits per heavy atom. The minimum absolute atomic E-state index is 0.865. The van der Waals surface area contributed by atoms with Gasteiger partial charge in [0.05, 0.1) is 0 Å². The van der Waals surface area contributed by atoms with Crippen LogP contribution in [0.15, 0.2) is 24.3 Å². The Balaban J connectivity index is 2.07. The van der Waals surface area contributed by atoms with E-state index in [-0.39, 0.29) is 0 Å². The highest BCUT2D eigenvalue weighted by molar-refractivity contribution is 5.76. The number of aromatic nitrogens is 2. The molecule has 0 N–H and O–H groups in total. The number of rotatable bonds is 1. The van der Waals surface area contributed by atoms with Crippen molar-refractivity contribution in [3.05, 3.63) is 30.0 Å². The van der Waals surface area contributed by atoms with Crippen molar-refractivity contribution in [2.24, 2.45) is 0 Å². The highest BCUT2D eigenvalue weighted by atomic mass is 15.2. The van der Waals surface area contributed by atoms with E-state index in [0.29, 0.717) is 0 Å². The molecule has 1 aliphatic rings. The molecule has 2 aromatic rings. The molecule has 3 nitrogen and oxygen atoms in total. The van der Waals surface area contributed by atoms with E-state index in [1.807, 2.05) is 13.0 Å². The number of nitrogens with zero attached hydrogens (tertiary/aromatic N) is 3. The van der Waals surface area contributed by atoms with Crippen LogP contribution in [0, 0.1) is 6.92 Å². The van der Waals surface area contributed by atoms with Gasteiger partial charge in [-0.25, -0.2) is 9.97 Å². The summed E-state index contributed by atoms with van der Waals surface area (Å²) in [4.78, 5) is 11.4. The number of anilines is 1. The van der Waals surface area contributed by atoms with Crippen molar-refractivity contribution >= 4 is 16.9 Å². The van der Waals surface area contributed by atoms with Crippen molar-refractivity contribution in [3.63, 3.8) is 0 Å². The zero-order valence-corrected chi connectivity index (χ0v) is 9.48. The van der Waals surface area contributed by atoms with Crippen LogP contribution in [0.3, 0.4) is 0 Å². The van der Waals surface area contributed by atoms with Gasteiger partial charge in [0.2, 0.25) is 0 Å². The molecule has 0 spiro atoms. The van der Waals surface area contributed by atoms with Gasteiger partial charge < -0.3 is 4.90 Å². The lowest BCUT2D eigenvalue weighted by Crippen LogP contribution is -2.18. The third kappa shape index (κ3) is 1.62. The zero-order valence-electron chi connectivity index (χ0n) is 9.48. The van der Waals surface area contributed by atoms with E-state index in [1.54, 1.807) is 0 Å². The SMILES string of the molecule is Cc1ccc2ccc(N3CCCC3)nc2n1. The normalized spacial score (nSPS) is 15.9. The van der Waals surface area contributed by atoms with Crippen LogP contribution in [0.2, 0.25) is 0 Å². The Morgan fingerprint density at radius 3 is 2.56 bits per heavy atom. The van der Waals surface area contributed by atoms with Crippen molar-refractivity contribution in [1.29, 1.82) is 0 Å². The van der Waals surface area contributed by atoms with Gasteiger partial charge in [-0.1, -0.05) is 0 Å². The van der Waals surface area contributed by atoms with Gasteiger partial charge in [-0.3, -0.25) is 0 Å². The first kappa shape index (κ1) is 9.58. The van der Waals surface area contributed by atoms with Gasteiger partial charge in [0.25, 0.3) is 0 Å². The Hall–Kier alpha value is -1.64. The topological polar surface area (TPSA) is 29.0 Å². The van der Waals surface area contributed by atoms with E-state index < -0.39 is 0 Å². The lowest BCUT2D eigenvalue weighted by atomic mass is 10.2. The van der Waals surface area contributed by atoms with E-state index in [9.17, 15) is 0 Å². The van der Waals surface area contributed by atoms with E-state index in [4.69, 9.17) is 0 Å². The Morgan fingerprint density at radius 1 is 1.00 bits per heavy atom. The van der Waals surface area contributed by atoms with E-state index in [2.05, 4.69) is 33.1 Å². The molecule has 16 heavy (non-hydrogen) atoms. The maximum atomic E-state index is 4.63. The number of hydrogen-bond acceptors (Lipinski definition) is 3. The molecule has 1 aliphatic heterocycles. The monoisotopic (exact) mass is 213 g/mol. The van der Waals surface area contributed by atoms with Crippen LogP contribution in [0.1, 0.15) is 18.5 Å². The maximum absolute atomic E-state index is 4.63. The third-order valence-corrected chi connectivity index (χ3v) is 3.11. The van der Waals surface area contributed by atoms with E-state index in [1.165, 1.54) is 12.8 Å². The Kier molecular flexibility index (Phi) is 2.24. The summed E-state index contributed by atoms with van der Waals surface area (Å²) >= 11 is 0. The number of fused-ring (bicyclic) bond motifs is 1. The van der Waals surface area contributed by atoms with Crippen LogP contribution in [0.25, 0.3) is 11.0 Å². The van der Waals surface area contributed by atoms with Crippen molar-refractivity contribution in [2.75, 3.05) is 18.0 Å². The summed E-state index contributed by atoms with van der Waals surface area (Å²) in [6.45, 7) is 4.26. The quantitative estimate of drug-likeness (QED) is 0.729. The number of aryl methyl sites for hydroxylation is 1. The van der Waals surface area contributed by atoms with Gasteiger partial charge >= 0.3 is 0 Å². The van der Waals surface area contributed by atoms with Gasteiger partial charge in [-0.15, -0.1) is 0 Å². The Bertz CT molecular complexity index is 516. The molecular weight excluding hydrogens is 198 g/mol. The fraction of sp³-hybridized carbons (Fsp3) is 0.385. The van der Waals surface area contributed by atoms with Crippen LogP contribution in [-0.4, -0.2) is 23.1 Å². The van der Waals surface area contributed by atoms with Crippen LogP contribution < -0.4 is 4.90 Å². The smallest absolute Gasteiger partial charge is 0.161 e. The molecule has 82 valence electrons. The van der Waals surface area contributed by atoms with Gasteiger partial charge in [0, 0.05) is 24.2 Å². The molecule has 0 radical (unpaired) electrons. The molecule has 0 aliphatic carbocycles. The predicted octanol–water partition coefficient (Wildman–Crippen LogP) is 2.54. The molecule has 3 rings (SSSR count). The minimum Gasteiger partial charge on any atom is -0.357 e. The largest absolute Gasteiger partial charge is 0.357 e. The van der Waals surface area contributed by atoms with Crippen LogP contribution >= 0.6 is 0 Å². The van der Waals surface area contributed by atoms with Crippen molar-refractivity contribution < 1.29 is 0 Å². The van der Waals surface area contributed by atoms with Gasteiger partial charge in [0.1, 0.15) is 5.82 Å². The molecule has 0 saturated carbocycles. The lowest BCUT2D eigenvalue weighted by Gasteiger charge is -2.16. The molecule has 1 saturated heterocycles. The van der Waals surface area contributed by atoms with E-state index in [0.717, 1.165) is 35.6 Å². The average molecular weight is 213 g/mol. The van der Waals surface area contributed by atoms with Gasteiger partial charge in [-0.2, -0.15) is 0 Å². The second-order valence-electron chi connectivity index (χ2n) is 4.36. The zero-order chi connectivity index (χ0) is 11.0. The summed E-state index contributed by atoms with van der Waals surface area (Å²) in [6, 6.07) is 8.32. The highest BCUT2D eigenvalue weighted by Crippen LogP contribution is 2.20. The molecule has 3 heterocycles. The second kappa shape index (κ2) is 3.74. The van der Waals surface area contributed by atoms with E-state index >= 15 is 0 Å². The minimum atomic E-state index is 0.865. The summed E-state index contributed by atoms with van der Waals surface area (Å²) in [5.41, 5.74) is 1.89. The third-order valence-electron chi connectivity index (χ3n) is 3.11. The molecule has 0 unspecified atom stereocenters. The first-order valence-corrected chi connectivity index (χ1v) is 5.82. The maximum Gasteiger partial charge on any atom is 0.161 e. The molecular formula is C13H15N3. The second-order valence-corrected chi connectivity index (χ2v) is 4.36. The molecule has 1 fully saturated rings. The molecule has 2 aromatic heterocycles. The molecule has 0 amide bonds. The average Bonchev–Trinajstić information content (AvgIpc) is 2.81. The van der Waals surface area contributed by atoms with Crippen molar-refractivity contribution in [1.82, 2.24) is 9.97 Å². The fourth-order valence-corrected chi connectivity index (χ4v) is 2.21. The van der Waals surface area contributed by atoms with Crippen LogP contribution in [-0.2, 0) is 0 Å². The highest BCUT2D eigenvalue weighted by Gasteiger charge is 2.13. The van der Waals surface area contributed by atoms with Gasteiger partial charge in [0.15, 0.2) is 5.65 Å². The summed E-state index contributed by atoms with van der Waals surface area (Å²) in [7, 11) is 0. The standard InChI is InChI=1S/C13H15N3/c1-10-4-5-11-6-7-12(15-13(11)14-10)16-8-2-3-9-16/h4-7H,2-3,8-9H2,1H3. The summed E-state index contributed by atoms with van der Waals surface area (Å²) in [6.07, 6.45) is 2.56. The van der Waals surface area contributed by atoms with Crippen LogP contribution in [0.5, 0.6) is 0 Å². The molecule has 0 atom stereocenters. The number of hydrogen-bond donors (Lipinski definition) is 0. The predicted molar refractivity (Wildman–Crippen MR) is 65.7 cm³/mol. The summed E-state index contributed by atoms with van der Waals surface area (Å²) in [5.74, 6) is 1.07. The van der Waals surface area contributed by atoms with Crippen molar-refractivity contribution in [2.45, 2.75) is 19.8 Å². The van der Waals surface area contributed by atoms with Crippen LogP contribution in [0.4, 0.5) is 5.82 Å². The van der Waals surface area contributed by atoms with Gasteiger partial charge in [-0.05, 0) is 44.0 Å². The lowest BCUT2D eigenvalue weighted by molar-refractivity contribution is 0.941. The number of pyridine rings is 2.